The molecule has 0 saturated heterocycles. The quantitative estimate of drug-likeness (QED) is 0.442. The number of thioether (sulfide) groups is 1. The van der Waals surface area contributed by atoms with Crippen LogP contribution in [0.15, 0.2) is 82.8 Å². The van der Waals surface area contributed by atoms with Crippen LogP contribution in [0, 0.1) is 0 Å². The molecule has 0 bridgehead atoms. The molecule has 0 fully saturated rings. The predicted octanol–water partition coefficient (Wildman–Crippen LogP) is 5.06. The molecule has 194 valence electrons. The molecule has 2 heterocycles. The molecule has 0 aromatic heterocycles. The van der Waals surface area contributed by atoms with Gasteiger partial charge in [0.15, 0.2) is 5.17 Å². The molecule has 0 aliphatic carbocycles. The van der Waals surface area contributed by atoms with Gasteiger partial charge in [0.25, 0.3) is 5.91 Å². The third-order valence-electron chi connectivity index (χ3n) is 6.40. The summed E-state index contributed by atoms with van der Waals surface area (Å²) < 4.78 is 10.7. The number of hydrogen-bond acceptors (Lipinski definition) is 7. The number of rotatable bonds is 8. The molecular formula is C29H28N4O4S. The number of amidine groups is 2. The number of carbonyl (C=O) groups is 2. The van der Waals surface area contributed by atoms with Crippen molar-refractivity contribution in [3.05, 3.63) is 83.9 Å². The summed E-state index contributed by atoms with van der Waals surface area (Å²) in [6.07, 6.45) is 1.02. The molecule has 2 aliphatic rings. The monoisotopic (exact) mass is 528 g/mol. The van der Waals surface area contributed by atoms with Gasteiger partial charge in [-0.25, -0.2) is 9.89 Å². The van der Waals surface area contributed by atoms with Crippen LogP contribution in [-0.4, -0.2) is 53.2 Å². The number of amides is 2. The highest BCUT2D eigenvalue weighted by Crippen LogP contribution is 2.36. The lowest BCUT2D eigenvalue weighted by atomic mass is 10.1. The van der Waals surface area contributed by atoms with Crippen LogP contribution in [0.2, 0.25) is 0 Å². The fourth-order valence-corrected chi connectivity index (χ4v) is 5.44. The SMILES string of the molecule is CC[C@H](SC1=Nc2ccccc2C2=N[C@@H](Cc3ccccc3)C(=O)N12)C(=O)Nc1ccc(OC)cc1OC. The Morgan fingerprint density at radius 3 is 2.55 bits per heavy atom. The van der Waals surface area contributed by atoms with Gasteiger partial charge in [0.05, 0.1) is 30.8 Å². The number of aliphatic imine (C=N–C) groups is 2. The summed E-state index contributed by atoms with van der Waals surface area (Å²) in [4.78, 5) is 38.2. The van der Waals surface area contributed by atoms with Gasteiger partial charge in [-0.3, -0.25) is 14.6 Å². The van der Waals surface area contributed by atoms with Crippen molar-refractivity contribution in [2.24, 2.45) is 9.98 Å². The molecule has 9 heteroatoms. The second-order valence-corrected chi connectivity index (χ2v) is 9.98. The van der Waals surface area contributed by atoms with E-state index in [0.29, 0.717) is 41.0 Å². The van der Waals surface area contributed by atoms with Gasteiger partial charge < -0.3 is 14.8 Å². The number of para-hydroxylation sites is 1. The molecule has 0 unspecified atom stereocenters. The third kappa shape index (κ3) is 5.02. The van der Waals surface area contributed by atoms with Gasteiger partial charge >= 0.3 is 0 Å². The van der Waals surface area contributed by atoms with E-state index in [0.717, 1.165) is 16.8 Å². The Kier molecular flexibility index (Phi) is 7.46. The fourth-order valence-electron chi connectivity index (χ4n) is 4.42. The number of nitrogens with one attached hydrogen (secondary N) is 1. The maximum Gasteiger partial charge on any atom is 0.259 e. The number of ether oxygens (including phenoxy) is 2. The highest BCUT2D eigenvalue weighted by Gasteiger charge is 2.42. The molecule has 2 amide bonds. The average molecular weight is 529 g/mol. The van der Waals surface area contributed by atoms with E-state index in [4.69, 9.17) is 19.5 Å². The molecule has 0 saturated carbocycles. The molecule has 2 aliphatic heterocycles. The molecule has 3 aromatic carbocycles. The minimum Gasteiger partial charge on any atom is -0.497 e. The Bertz CT molecular complexity index is 1420. The first-order valence-corrected chi connectivity index (χ1v) is 13.2. The zero-order valence-corrected chi connectivity index (χ0v) is 22.2. The van der Waals surface area contributed by atoms with Crippen molar-refractivity contribution < 1.29 is 19.1 Å². The number of fused-ring (bicyclic) bond motifs is 3. The maximum absolute atomic E-state index is 13.6. The number of hydrogen-bond donors (Lipinski definition) is 1. The second kappa shape index (κ2) is 11.1. The molecule has 5 rings (SSSR count). The smallest absolute Gasteiger partial charge is 0.259 e. The Hall–Kier alpha value is -4.11. The molecular weight excluding hydrogens is 500 g/mol. The number of anilines is 1. The molecule has 0 radical (unpaired) electrons. The average Bonchev–Trinajstić information content (AvgIpc) is 3.28. The lowest BCUT2D eigenvalue weighted by Crippen LogP contribution is -2.42. The summed E-state index contributed by atoms with van der Waals surface area (Å²) >= 11 is 1.26. The first-order chi connectivity index (χ1) is 18.5. The molecule has 1 N–H and O–H groups in total. The van der Waals surface area contributed by atoms with E-state index < -0.39 is 11.3 Å². The van der Waals surface area contributed by atoms with Gasteiger partial charge in [-0.05, 0) is 36.2 Å². The summed E-state index contributed by atoms with van der Waals surface area (Å²) in [6, 6.07) is 22.1. The molecule has 38 heavy (non-hydrogen) atoms. The van der Waals surface area contributed by atoms with E-state index in [1.807, 2.05) is 61.5 Å². The zero-order valence-electron chi connectivity index (χ0n) is 21.4. The molecule has 0 spiro atoms. The standard InChI is InChI=1S/C29H28N4O4S/c1-4-25(27(34)31-22-15-14-19(36-2)17-24(22)37-3)38-29-32-21-13-9-8-12-20(21)26-30-23(28(35)33(26)29)16-18-10-6-5-7-11-18/h5-15,17,23,25H,4,16H2,1-3H3,(H,31,34)/t23-,25-/m0/s1. The zero-order chi connectivity index (χ0) is 26.6. The summed E-state index contributed by atoms with van der Waals surface area (Å²) in [7, 11) is 3.11. The van der Waals surface area contributed by atoms with Crippen LogP contribution < -0.4 is 14.8 Å². The molecule has 2 atom stereocenters. The number of benzene rings is 3. The first-order valence-electron chi connectivity index (χ1n) is 12.4. The Labute approximate surface area is 225 Å². The van der Waals surface area contributed by atoms with Crippen LogP contribution in [0.1, 0.15) is 24.5 Å². The van der Waals surface area contributed by atoms with Crippen LogP contribution in [-0.2, 0) is 16.0 Å². The predicted molar refractivity (Wildman–Crippen MR) is 151 cm³/mol. The fraction of sp³-hybridized carbons (Fsp3) is 0.241. The van der Waals surface area contributed by atoms with Crippen LogP contribution in [0.25, 0.3) is 0 Å². The first kappa shape index (κ1) is 25.5. The Morgan fingerprint density at radius 1 is 1.05 bits per heavy atom. The van der Waals surface area contributed by atoms with Gasteiger partial charge in [0, 0.05) is 18.1 Å². The Morgan fingerprint density at radius 2 is 1.82 bits per heavy atom. The van der Waals surface area contributed by atoms with Gasteiger partial charge in [0.2, 0.25) is 5.91 Å². The van der Waals surface area contributed by atoms with E-state index in [2.05, 4.69) is 5.32 Å². The lowest BCUT2D eigenvalue weighted by molar-refractivity contribution is -0.124. The van der Waals surface area contributed by atoms with Crippen LogP contribution in [0.3, 0.4) is 0 Å². The largest absolute Gasteiger partial charge is 0.497 e. The van der Waals surface area contributed by atoms with Gasteiger partial charge in [-0.1, -0.05) is 61.2 Å². The van der Waals surface area contributed by atoms with E-state index in [1.54, 1.807) is 30.2 Å². The van der Waals surface area contributed by atoms with E-state index in [1.165, 1.54) is 18.9 Å². The van der Waals surface area contributed by atoms with Gasteiger partial charge in [-0.15, -0.1) is 0 Å². The van der Waals surface area contributed by atoms with E-state index in [-0.39, 0.29) is 11.8 Å². The van der Waals surface area contributed by atoms with Crippen molar-refractivity contribution in [2.75, 3.05) is 19.5 Å². The van der Waals surface area contributed by atoms with Crippen molar-refractivity contribution in [1.29, 1.82) is 0 Å². The Balaban J connectivity index is 1.41. The van der Waals surface area contributed by atoms with Crippen LogP contribution in [0.5, 0.6) is 11.5 Å². The molecule has 8 nitrogen and oxygen atoms in total. The normalized spacial score (nSPS) is 16.7. The minimum atomic E-state index is -0.554. The van der Waals surface area contributed by atoms with Crippen molar-refractivity contribution in [3.63, 3.8) is 0 Å². The van der Waals surface area contributed by atoms with Crippen LogP contribution in [0.4, 0.5) is 11.4 Å². The van der Waals surface area contributed by atoms with Gasteiger partial charge in [0.1, 0.15) is 23.4 Å². The van der Waals surface area contributed by atoms with E-state index >= 15 is 0 Å². The van der Waals surface area contributed by atoms with E-state index in [9.17, 15) is 9.59 Å². The number of nitrogens with zero attached hydrogens (tertiary/aromatic N) is 3. The summed E-state index contributed by atoms with van der Waals surface area (Å²) in [5, 5.41) is 2.90. The highest BCUT2D eigenvalue weighted by molar-refractivity contribution is 8.15. The van der Waals surface area contributed by atoms with Crippen LogP contribution >= 0.6 is 11.8 Å². The van der Waals surface area contributed by atoms with Gasteiger partial charge in [-0.2, -0.15) is 0 Å². The minimum absolute atomic E-state index is 0.142. The summed E-state index contributed by atoms with van der Waals surface area (Å²) in [6.45, 7) is 1.93. The molecule has 3 aromatic rings. The summed E-state index contributed by atoms with van der Waals surface area (Å²) in [5.41, 5.74) is 3.11. The number of methoxy groups -OCH3 is 2. The number of carbonyl (C=O) groups excluding carboxylic acids is 2. The topological polar surface area (TPSA) is 92.6 Å². The van der Waals surface area contributed by atoms with Crippen molar-refractivity contribution >= 4 is 46.0 Å². The lowest BCUT2D eigenvalue weighted by Gasteiger charge is -2.27. The van der Waals surface area contributed by atoms with Crippen molar-refractivity contribution in [2.45, 2.75) is 31.1 Å². The maximum atomic E-state index is 13.6. The third-order valence-corrected chi connectivity index (χ3v) is 7.71. The second-order valence-electron chi connectivity index (χ2n) is 8.81. The summed E-state index contributed by atoms with van der Waals surface area (Å²) in [5.74, 6) is 1.34. The highest BCUT2D eigenvalue weighted by atomic mass is 32.2. The van der Waals surface area contributed by atoms with Crippen molar-refractivity contribution in [3.8, 4) is 11.5 Å². The van der Waals surface area contributed by atoms with Crippen molar-refractivity contribution in [1.82, 2.24) is 4.90 Å².